The van der Waals surface area contributed by atoms with Crippen LogP contribution in [0.15, 0.2) is 18.2 Å². The van der Waals surface area contributed by atoms with Gasteiger partial charge in [-0.1, -0.05) is 0 Å². The molecule has 1 aliphatic rings. The highest BCUT2D eigenvalue weighted by atomic mass is 19.1. The van der Waals surface area contributed by atoms with Crippen LogP contribution in [-0.2, 0) is 0 Å². The fourth-order valence-electron chi connectivity index (χ4n) is 2.72. The number of ether oxygens (including phenoxy) is 1. The molecule has 1 aliphatic carbocycles. The summed E-state index contributed by atoms with van der Waals surface area (Å²) in [7, 11) is 1.58. The standard InChI is InChI=1S/C14H21FN2O/c1-18-13-7-4-10(15)8-12(13)14(17)9-2-5-11(16)6-3-9/h4,7-9,11,14H,2-3,5-6,16-17H2,1H3. The summed E-state index contributed by atoms with van der Waals surface area (Å²) in [5.74, 6) is 0.757. The van der Waals surface area contributed by atoms with Crippen LogP contribution in [0.1, 0.15) is 37.3 Å². The van der Waals surface area contributed by atoms with Crippen LogP contribution in [0.25, 0.3) is 0 Å². The van der Waals surface area contributed by atoms with Crippen LogP contribution >= 0.6 is 0 Å². The summed E-state index contributed by atoms with van der Waals surface area (Å²) in [5.41, 5.74) is 12.9. The lowest BCUT2D eigenvalue weighted by molar-refractivity contribution is 0.279. The minimum atomic E-state index is -0.270. The Bertz CT molecular complexity index is 403. The molecule has 0 amide bonds. The van der Waals surface area contributed by atoms with E-state index in [2.05, 4.69) is 0 Å². The van der Waals surface area contributed by atoms with Gasteiger partial charge >= 0.3 is 0 Å². The van der Waals surface area contributed by atoms with Gasteiger partial charge in [0.1, 0.15) is 11.6 Å². The van der Waals surface area contributed by atoms with E-state index in [1.165, 1.54) is 12.1 Å². The van der Waals surface area contributed by atoms with E-state index in [9.17, 15) is 4.39 Å². The Kier molecular flexibility index (Phi) is 4.19. The largest absolute Gasteiger partial charge is 0.496 e. The van der Waals surface area contributed by atoms with Crippen LogP contribution in [0.5, 0.6) is 5.75 Å². The van der Waals surface area contributed by atoms with Crippen molar-refractivity contribution in [2.45, 2.75) is 37.8 Å². The summed E-state index contributed by atoms with van der Waals surface area (Å²) in [4.78, 5) is 0. The van der Waals surface area contributed by atoms with E-state index in [-0.39, 0.29) is 11.9 Å². The molecule has 0 saturated heterocycles. The van der Waals surface area contributed by atoms with Crippen molar-refractivity contribution in [3.8, 4) is 5.75 Å². The van der Waals surface area contributed by atoms with E-state index in [4.69, 9.17) is 16.2 Å². The monoisotopic (exact) mass is 252 g/mol. The third-order valence-electron chi connectivity index (χ3n) is 3.88. The van der Waals surface area contributed by atoms with Crippen molar-refractivity contribution < 1.29 is 9.13 Å². The molecule has 0 bridgehead atoms. The van der Waals surface area contributed by atoms with Crippen molar-refractivity contribution >= 4 is 0 Å². The van der Waals surface area contributed by atoms with Crippen molar-refractivity contribution in [2.24, 2.45) is 17.4 Å². The van der Waals surface area contributed by atoms with Gasteiger partial charge in [-0.05, 0) is 49.8 Å². The molecule has 0 aliphatic heterocycles. The quantitative estimate of drug-likeness (QED) is 0.868. The summed E-state index contributed by atoms with van der Waals surface area (Å²) in [6, 6.07) is 4.63. The third-order valence-corrected chi connectivity index (χ3v) is 3.88. The average Bonchev–Trinajstić information content (AvgIpc) is 2.39. The zero-order valence-electron chi connectivity index (χ0n) is 10.7. The van der Waals surface area contributed by atoms with Gasteiger partial charge in [0.05, 0.1) is 7.11 Å². The fraction of sp³-hybridized carbons (Fsp3) is 0.571. The van der Waals surface area contributed by atoms with Crippen LogP contribution in [-0.4, -0.2) is 13.2 Å². The first-order valence-electron chi connectivity index (χ1n) is 6.46. The molecular formula is C14H21FN2O. The van der Waals surface area contributed by atoms with E-state index >= 15 is 0 Å². The van der Waals surface area contributed by atoms with Crippen LogP contribution in [0, 0.1) is 11.7 Å². The average molecular weight is 252 g/mol. The van der Waals surface area contributed by atoms with Gasteiger partial charge in [-0.15, -0.1) is 0 Å². The van der Waals surface area contributed by atoms with Gasteiger partial charge in [0.25, 0.3) is 0 Å². The third kappa shape index (κ3) is 2.82. The summed E-state index contributed by atoms with van der Waals surface area (Å²) in [6.07, 6.45) is 4.00. The maximum absolute atomic E-state index is 13.3. The van der Waals surface area contributed by atoms with Gasteiger partial charge in [0.2, 0.25) is 0 Å². The van der Waals surface area contributed by atoms with Crippen LogP contribution in [0.4, 0.5) is 4.39 Å². The van der Waals surface area contributed by atoms with E-state index in [0.717, 1.165) is 31.2 Å². The van der Waals surface area contributed by atoms with Gasteiger partial charge < -0.3 is 16.2 Å². The first-order valence-corrected chi connectivity index (χ1v) is 6.46. The smallest absolute Gasteiger partial charge is 0.123 e. The number of methoxy groups -OCH3 is 1. The van der Waals surface area contributed by atoms with Crippen LogP contribution in [0.2, 0.25) is 0 Å². The van der Waals surface area contributed by atoms with E-state index < -0.39 is 0 Å². The fourth-order valence-corrected chi connectivity index (χ4v) is 2.72. The lowest BCUT2D eigenvalue weighted by Gasteiger charge is -2.31. The molecule has 100 valence electrons. The Morgan fingerprint density at radius 2 is 1.94 bits per heavy atom. The van der Waals surface area contributed by atoms with Crippen molar-refractivity contribution in [1.82, 2.24) is 0 Å². The van der Waals surface area contributed by atoms with E-state index in [1.807, 2.05) is 0 Å². The Morgan fingerprint density at radius 1 is 1.28 bits per heavy atom. The summed E-state index contributed by atoms with van der Waals surface area (Å²) >= 11 is 0. The van der Waals surface area contributed by atoms with Gasteiger partial charge in [-0.2, -0.15) is 0 Å². The number of halogens is 1. The molecule has 1 saturated carbocycles. The molecule has 0 aromatic heterocycles. The summed E-state index contributed by atoms with van der Waals surface area (Å²) < 4.78 is 18.6. The number of hydrogen-bond acceptors (Lipinski definition) is 3. The molecule has 4 N–H and O–H groups in total. The molecule has 18 heavy (non-hydrogen) atoms. The van der Waals surface area contributed by atoms with Crippen LogP contribution in [0.3, 0.4) is 0 Å². The Morgan fingerprint density at radius 3 is 2.56 bits per heavy atom. The van der Waals surface area contributed by atoms with Crippen molar-refractivity contribution in [3.05, 3.63) is 29.6 Å². The molecule has 0 heterocycles. The predicted octanol–water partition coefficient (Wildman–Crippen LogP) is 2.35. The minimum absolute atomic E-state index is 0.178. The number of rotatable bonds is 3. The highest BCUT2D eigenvalue weighted by molar-refractivity contribution is 5.36. The first-order chi connectivity index (χ1) is 8.61. The second-order valence-electron chi connectivity index (χ2n) is 5.09. The zero-order chi connectivity index (χ0) is 13.1. The highest BCUT2D eigenvalue weighted by Gasteiger charge is 2.26. The Hall–Kier alpha value is -1.13. The first kappa shape index (κ1) is 13.3. The molecule has 1 atom stereocenters. The molecule has 3 nitrogen and oxygen atoms in total. The highest BCUT2D eigenvalue weighted by Crippen LogP contribution is 2.36. The van der Waals surface area contributed by atoms with Gasteiger partial charge in [0, 0.05) is 17.6 Å². The molecule has 1 aromatic rings. The topological polar surface area (TPSA) is 61.3 Å². The zero-order valence-corrected chi connectivity index (χ0v) is 10.7. The lowest BCUT2D eigenvalue weighted by Crippen LogP contribution is -2.31. The number of hydrogen-bond donors (Lipinski definition) is 2. The number of nitrogens with two attached hydrogens (primary N) is 2. The normalized spacial score (nSPS) is 25.8. The van der Waals surface area contributed by atoms with E-state index in [0.29, 0.717) is 17.7 Å². The molecule has 0 spiro atoms. The second kappa shape index (κ2) is 5.67. The van der Waals surface area contributed by atoms with Gasteiger partial charge in [-0.25, -0.2) is 4.39 Å². The summed E-state index contributed by atoms with van der Waals surface area (Å²) in [5, 5.41) is 0. The molecule has 1 aromatic carbocycles. The molecule has 2 rings (SSSR count). The van der Waals surface area contributed by atoms with Crippen LogP contribution < -0.4 is 16.2 Å². The van der Waals surface area contributed by atoms with Crippen molar-refractivity contribution in [2.75, 3.05) is 7.11 Å². The summed E-state index contributed by atoms with van der Waals surface area (Å²) in [6.45, 7) is 0. The van der Waals surface area contributed by atoms with Crippen molar-refractivity contribution in [1.29, 1.82) is 0 Å². The van der Waals surface area contributed by atoms with Gasteiger partial charge in [0.15, 0.2) is 0 Å². The maximum atomic E-state index is 13.3. The lowest BCUT2D eigenvalue weighted by atomic mass is 9.79. The Labute approximate surface area is 107 Å². The van der Waals surface area contributed by atoms with E-state index in [1.54, 1.807) is 13.2 Å². The van der Waals surface area contributed by atoms with Crippen molar-refractivity contribution in [3.63, 3.8) is 0 Å². The number of benzene rings is 1. The molecule has 1 fully saturated rings. The minimum Gasteiger partial charge on any atom is -0.496 e. The second-order valence-corrected chi connectivity index (χ2v) is 5.09. The maximum Gasteiger partial charge on any atom is 0.123 e. The van der Waals surface area contributed by atoms with Gasteiger partial charge in [-0.3, -0.25) is 0 Å². The molecule has 1 unspecified atom stereocenters. The predicted molar refractivity (Wildman–Crippen MR) is 69.8 cm³/mol. The SMILES string of the molecule is COc1ccc(F)cc1C(N)C1CCC(N)CC1. The molecule has 0 radical (unpaired) electrons. The molecular weight excluding hydrogens is 231 g/mol. The molecule has 4 heteroatoms. The Balaban J connectivity index is 2.17.